The van der Waals surface area contributed by atoms with E-state index in [0.29, 0.717) is 11.3 Å². The molecule has 0 saturated carbocycles. The summed E-state index contributed by atoms with van der Waals surface area (Å²) >= 11 is 0. The molecule has 0 aliphatic carbocycles. The molecule has 8 nitrogen and oxygen atoms in total. The Labute approximate surface area is 406 Å². The van der Waals surface area contributed by atoms with Gasteiger partial charge in [-0.05, 0) is 118 Å². The van der Waals surface area contributed by atoms with Gasteiger partial charge in [0.2, 0.25) is 11.3 Å². The molecule has 332 valence electrons. The van der Waals surface area contributed by atoms with Crippen LogP contribution in [0, 0.1) is 0 Å². The molecule has 0 spiro atoms. The zero-order valence-electron chi connectivity index (χ0n) is 38.5. The third-order valence-corrected chi connectivity index (χ3v) is 18.3. The van der Waals surface area contributed by atoms with E-state index in [9.17, 15) is 0 Å². The van der Waals surface area contributed by atoms with Crippen LogP contribution in [0.15, 0.2) is 231 Å². The highest BCUT2D eigenvalue weighted by atomic mass is 28.3. The average molecular weight is 917 g/mol. The van der Waals surface area contributed by atoms with E-state index >= 15 is 0 Å². The Morgan fingerprint density at radius 1 is 0.343 bits per heavy atom. The van der Waals surface area contributed by atoms with E-state index in [0.717, 1.165) is 56.6 Å². The fraction of sp³-hybridized carbons (Fsp3) is 0.0492. The maximum Gasteiger partial charge on any atom is 0.207 e. The molecule has 14 rings (SSSR count). The molecule has 70 heavy (non-hydrogen) atoms. The lowest BCUT2D eigenvalue weighted by Crippen LogP contribution is -2.58. The number of rotatable bonds is 6. The van der Waals surface area contributed by atoms with Crippen LogP contribution in [0.2, 0.25) is 13.1 Å². The van der Waals surface area contributed by atoms with E-state index in [1.165, 1.54) is 44.0 Å². The summed E-state index contributed by atoms with van der Waals surface area (Å²) in [5.74, 6) is 1.47. The standard InChI is InChI=1S/C61H44N8Si/c1-70(2)55-31-17-15-29-53(55)67(54-30-16-18-32-56(54)70)46-39-35-42(36-40-46)58-63-65-60-59-64-62-57(68(59)51-27-13-14-28-52(51)69(58)60)41-33-37-45(38-34-41)66-49-25-11-9-23-47(49)61(43-19-5-3-6-20-43,44-21-7-4-8-22-44)48-24-10-12-26-50(48)66/h3-40H,1-2H3. The van der Waals surface area contributed by atoms with Gasteiger partial charge in [-0.2, -0.15) is 0 Å². The van der Waals surface area contributed by atoms with Gasteiger partial charge in [-0.15, -0.1) is 20.4 Å². The average Bonchev–Trinajstić information content (AvgIpc) is 4.08. The molecule has 5 heterocycles. The van der Waals surface area contributed by atoms with Gasteiger partial charge in [-0.3, -0.25) is 8.80 Å². The van der Waals surface area contributed by atoms with Crippen LogP contribution < -0.4 is 20.2 Å². The Hall–Kier alpha value is -8.92. The molecule has 0 amide bonds. The maximum atomic E-state index is 4.87. The highest BCUT2D eigenvalue weighted by Gasteiger charge is 2.46. The summed E-state index contributed by atoms with van der Waals surface area (Å²) in [6.45, 7) is 4.90. The molecule has 0 atom stereocenters. The van der Waals surface area contributed by atoms with Crippen LogP contribution >= 0.6 is 0 Å². The van der Waals surface area contributed by atoms with Crippen molar-refractivity contribution < 1.29 is 0 Å². The Balaban J connectivity index is 0.859. The summed E-state index contributed by atoms with van der Waals surface area (Å²) in [6.07, 6.45) is 0. The molecule has 0 unspecified atom stereocenters. The molecule has 0 fully saturated rings. The van der Waals surface area contributed by atoms with Crippen molar-refractivity contribution in [2.45, 2.75) is 18.5 Å². The zero-order valence-corrected chi connectivity index (χ0v) is 39.5. The van der Waals surface area contributed by atoms with Crippen LogP contribution in [0.1, 0.15) is 22.3 Å². The van der Waals surface area contributed by atoms with Crippen molar-refractivity contribution in [2.75, 3.05) is 9.80 Å². The summed E-state index contributed by atoms with van der Waals surface area (Å²) < 4.78 is 4.24. The van der Waals surface area contributed by atoms with E-state index in [4.69, 9.17) is 20.4 Å². The number of para-hydroxylation sites is 6. The lowest BCUT2D eigenvalue weighted by atomic mass is 9.62. The number of anilines is 6. The van der Waals surface area contributed by atoms with Crippen LogP contribution in [-0.4, -0.2) is 37.3 Å². The normalized spacial score (nSPS) is 14.3. The molecule has 0 N–H and O–H groups in total. The first-order valence-corrected chi connectivity index (χ1v) is 26.8. The predicted molar refractivity (Wildman–Crippen MR) is 286 cm³/mol. The topological polar surface area (TPSA) is 66.9 Å². The van der Waals surface area contributed by atoms with Crippen LogP contribution in [-0.2, 0) is 5.41 Å². The van der Waals surface area contributed by atoms with Crippen molar-refractivity contribution in [3.05, 3.63) is 253 Å². The summed E-state index contributed by atoms with van der Waals surface area (Å²) in [7, 11) is -1.90. The Morgan fingerprint density at radius 3 is 1.14 bits per heavy atom. The predicted octanol–water partition coefficient (Wildman–Crippen LogP) is 13.0. The Bertz CT molecular complexity index is 3860. The van der Waals surface area contributed by atoms with Gasteiger partial charge in [0.05, 0.1) is 27.8 Å². The van der Waals surface area contributed by atoms with Gasteiger partial charge in [0, 0.05) is 33.9 Å². The molecule has 12 aromatic rings. The molecular weight excluding hydrogens is 873 g/mol. The lowest BCUT2D eigenvalue weighted by molar-refractivity contribution is 0.731. The molecule has 9 aromatic carbocycles. The lowest BCUT2D eigenvalue weighted by Gasteiger charge is -2.46. The minimum Gasteiger partial charge on any atom is -0.311 e. The summed E-state index contributed by atoms with van der Waals surface area (Å²) in [5, 5.41) is 22.2. The van der Waals surface area contributed by atoms with Crippen molar-refractivity contribution in [2.24, 2.45) is 0 Å². The second-order valence-electron chi connectivity index (χ2n) is 18.8. The van der Waals surface area contributed by atoms with E-state index in [1.807, 2.05) is 0 Å². The molecule has 2 aliphatic heterocycles. The van der Waals surface area contributed by atoms with Gasteiger partial charge < -0.3 is 9.80 Å². The third-order valence-electron chi connectivity index (χ3n) is 14.8. The fourth-order valence-electron chi connectivity index (χ4n) is 11.7. The monoisotopic (exact) mass is 916 g/mol. The highest BCUT2D eigenvalue weighted by molar-refractivity contribution is 7.02. The summed E-state index contributed by atoms with van der Waals surface area (Å²) in [5.41, 5.74) is 16.4. The van der Waals surface area contributed by atoms with Gasteiger partial charge in [-0.1, -0.05) is 159 Å². The van der Waals surface area contributed by atoms with Crippen molar-refractivity contribution >= 4 is 74.9 Å². The molecule has 9 heteroatoms. The van der Waals surface area contributed by atoms with Gasteiger partial charge in [0.25, 0.3) is 0 Å². The Morgan fingerprint density at radius 2 is 0.700 bits per heavy atom. The number of benzene rings is 9. The minimum atomic E-state index is -1.90. The molecule has 0 bridgehead atoms. The van der Waals surface area contributed by atoms with Gasteiger partial charge in [-0.25, -0.2) is 0 Å². The van der Waals surface area contributed by atoms with Gasteiger partial charge in [0.15, 0.2) is 11.6 Å². The number of hydrogen-bond donors (Lipinski definition) is 0. The third kappa shape index (κ3) is 5.63. The van der Waals surface area contributed by atoms with Crippen molar-refractivity contribution in [3.63, 3.8) is 0 Å². The van der Waals surface area contributed by atoms with Crippen LogP contribution in [0.3, 0.4) is 0 Å². The smallest absolute Gasteiger partial charge is 0.207 e. The molecule has 0 radical (unpaired) electrons. The minimum absolute atomic E-state index is 0.532. The van der Waals surface area contributed by atoms with Crippen LogP contribution in [0.5, 0.6) is 0 Å². The van der Waals surface area contributed by atoms with E-state index in [-0.39, 0.29) is 0 Å². The molecule has 2 aliphatic rings. The number of nitrogens with zero attached hydrogens (tertiary/aromatic N) is 8. The first-order chi connectivity index (χ1) is 34.5. The largest absolute Gasteiger partial charge is 0.311 e. The second-order valence-corrected chi connectivity index (χ2v) is 23.1. The first kappa shape index (κ1) is 40.2. The van der Waals surface area contributed by atoms with E-state index in [2.05, 4.69) is 262 Å². The fourth-order valence-corrected chi connectivity index (χ4v) is 14.7. The van der Waals surface area contributed by atoms with Gasteiger partial charge >= 0.3 is 0 Å². The Kier molecular flexibility index (Phi) is 8.78. The van der Waals surface area contributed by atoms with E-state index in [1.54, 1.807) is 0 Å². The zero-order chi connectivity index (χ0) is 46.6. The van der Waals surface area contributed by atoms with Crippen molar-refractivity contribution in [3.8, 4) is 22.8 Å². The summed E-state index contributed by atoms with van der Waals surface area (Å²) in [6, 6.07) is 83.1. The number of aromatic nitrogens is 6. The molecule has 3 aromatic heterocycles. The van der Waals surface area contributed by atoms with Crippen molar-refractivity contribution in [1.29, 1.82) is 0 Å². The summed E-state index contributed by atoms with van der Waals surface area (Å²) in [4.78, 5) is 4.81. The van der Waals surface area contributed by atoms with Gasteiger partial charge in [0.1, 0.15) is 8.07 Å². The number of fused-ring (bicyclic) bond motifs is 10. The maximum absolute atomic E-state index is 4.87. The van der Waals surface area contributed by atoms with Crippen LogP contribution in [0.4, 0.5) is 34.1 Å². The van der Waals surface area contributed by atoms with Crippen LogP contribution in [0.25, 0.3) is 45.1 Å². The highest BCUT2D eigenvalue weighted by Crippen LogP contribution is 2.57. The van der Waals surface area contributed by atoms with E-state index < -0.39 is 13.5 Å². The number of hydrogen-bond acceptors (Lipinski definition) is 6. The quantitative estimate of drug-likeness (QED) is 0.155. The first-order valence-electron chi connectivity index (χ1n) is 23.8. The molecular formula is C61H44N8Si. The second kappa shape index (κ2) is 15.3. The molecule has 0 saturated heterocycles. The SMILES string of the molecule is C[Si]1(C)c2ccccc2N(c2ccc(-c3nnc4c5nnc(-c6ccc(N7c8ccccc8C(c8ccccc8)(c8ccccc8)c8ccccc87)cc6)n5c5ccccc5n34)cc2)c2ccccc21. The van der Waals surface area contributed by atoms with Crippen molar-refractivity contribution in [1.82, 2.24) is 29.2 Å².